The summed E-state index contributed by atoms with van der Waals surface area (Å²) in [6.07, 6.45) is -0.0363. The Balaban J connectivity index is 2.07. The molecule has 0 saturated heterocycles. The van der Waals surface area contributed by atoms with Gasteiger partial charge in [-0.2, -0.15) is 0 Å². The number of rotatable bonds is 11. The molecule has 0 aliphatic carbocycles. The number of nitrogens with two attached hydrogens (primary N) is 1. The van der Waals surface area contributed by atoms with Gasteiger partial charge in [0.15, 0.2) is 0 Å². The van der Waals surface area contributed by atoms with E-state index in [0.717, 1.165) is 0 Å². The van der Waals surface area contributed by atoms with E-state index in [0.29, 0.717) is 16.8 Å². The molecule has 0 heterocycles. The van der Waals surface area contributed by atoms with Crippen LogP contribution >= 0.6 is 0 Å². The molecule has 0 bridgehead atoms. The highest BCUT2D eigenvalue weighted by Crippen LogP contribution is 2.21. The summed E-state index contributed by atoms with van der Waals surface area (Å²) in [6, 6.07) is 11.2. The first-order valence-electron chi connectivity index (χ1n) is 10.4. The minimum absolute atomic E-state index is 0.0117. The third-order valence-corrected chi connectivity index (χ3v) is 4.65. The van der Waals surface area contributed by atoms with Gasteiger partial charge in [0.2, 0.25) is 5.91 Å². The molecule has 34 heavy (non-hydrogen) atoms. The van der Waals surface area contributed by atoms with E-state index in [4.69, 9.17) is 15.9 Å². The first-order valence-corrected chi connectivity index (χ1v) is 10.4. The van der Waals surface area contributed by atoms with Crippen molar-refractivity contribution >= 4 is 35.1 Å². The molecule has 2 aromatic rings. The summed E-state index contributed by atoms with van der Waals surface area (Å²) in [5, 5.41) is 26.3. The lowest BCUT2D eigenvalue weighted by Crippen LogP contribution is -2.39. The van der Waals surface area contributed by atoms with Crippen LogP contribution in [0.15, 0.2) is 48.5 Å². The highest BCUT2D eigenvalue weighted by molar-refractivity contribution is 5.96. The van der Waals surface area contributed by atoms with E-state index >= 15 is 0 Å². The van der Waals surface area contributed by atoms with E-state index in [-0.39, 0.29) is 37.6 Å². The highest BCUT2D eigenvalue weighted by Gasteiger charge is 2.23. The quantitative estimate of drug-likeness (QED) is 0.109. The van der Waals surface area contributed by atoms with Gasteiger partial charge in [-0.25, -0.2) is 4.79 Å². The molecular weight excluding hydrogens is 444 g/mol. The second kappa shape index (κ2) is 12.5. The maximum Gasteiger partial charge on any atom is 0.319 e. The monoisotopic (exact) mass is 470 g/mol. The highest BCUT2D eigenvalue weighted by atomic mass is 16.6. The van der Waals surface area contributed by atoms with Crippen molar-refractivity contribution in [1.82, 2.24) is 10.6 Å². The number of amides is 3. The Labute approximate surface area is 195 Å². The number of nitro groups is 1. The summed E-state index contributed by atoms with van der Waals surface area (Å²) < 4.78 is 4.82. The average Bonchev–Trinajstić information content (AvgIpc) is 2.80. The first kappa shape index (κ1) is 25.8. The minimum atomic E-state index is -0.951. The lowest BCUT2D eigenvalue weighted by molar-refractivity contribution is -0.384. The zero-order valence-corrected chi connectivity index (χ0v) is 18.5. The minimum Gasteiger partial charge on any atom is -0.466 e. The van der Waals surface area contributed by atoms with Crippen LogP contribution < -0.4 is 21.7 Å². The van der Waals surface area contributed by atoms with Gasteiger partial charge in [-0.05, 0) is 36.8 Å². The van der Waals surface area contributed by atoms with Crippen molar-refractivity contribution in [3.05, 3.63) is 69.8 Å². The molecular formula is C22H26N6O6. The van der Waals surface area contributed by atoms with Crippen LogP contribution in [0, 0.1) is 15.5 Å². The van der Waals surface area contributed by atoms with Crippen molar-refractivity contribution in [2.75, 3.05) is 25.0 Å². The molecule has 0 radical (unpaired) electrons. The normalized spacial score (nSPS) is 11.1. The van der Waals surface area contributed by atoms with E-state index in [1.807, 2.05) is 0 Å². The smallest absolute Gasteiger partial charge is 0.319 e. The standard InChI is InChI=1S/C22H26N6O6/c1-2-34-19(29)10-11-25-21(30)18(15-4-3-5-17(12-15)28(32)33)13-26-22(31)27-16-8-6-14(7-9-16)20(23)24/h3-9,12,18H,2,10-11,13H2,1H3,(H3,23,24)(H,25,30)(H2,26,27,31). The predicted octanol–water partition coefficient (Wildman–Crippen LogP) is 1.85. The molecule has 1 unspecified atom stereocenters. The largest absolute Gasteiger partial charge is 0.466 e. The zero-order chi connectivity index (χ0) is 25.1. The topological polar surface area (TPSA) is 190 Å². The van der Waals surface area contributed by atoms with Crippen molar-refractivity contribution in [1.29, 1.82) is 5.41 Å². The predicted molar refractivity (Wildman–Crippen MR) is 125 cm³/mol. The molecule has 0 aliphatic rings. The number of non-ortho nitro benzene ring substituents is 1. The molecule has 3 amide bonds. The van der Waals surface area contributed by atoms with Crippen LogP contribution in [0.1, 0.15) is 30.4 Å². The number of nitrogen functional groups attached to an aromatic ring is 1. The molecule has 2 rings (SSSR count). The zero-order valence-electron chi connectivity index (χ0n) is 18.5. The Morgan fingerprint density at radius 1 is 1.15 bits per heavy atom. The van der Waals surface area contributed by atoms with Crippen molar-refractivity contribution in [2.45, 2.75) is 19.3 Å². The fourth-order valence-corrected chi connectivity index (χ4v) is 2.96. The summed E-state index contributed by atoms with van der Waals surface area (Å²) in [5.74, 6) is -2.04. The number of benzene rings is 2. The Morgan fingerprint density at radius 3 is 2.47 bits per heavy atom. The van der Waals surface area contributed by atoms with E-state index in [2.05, 4.69) is 16.0 Å². The number of nitro benzene ring substituents is 1. The van der Waals surface area contributed by atoms with Crippen LogP contribution in [-0.4, -0.2) is 48.4 Å². The fraction of sp³-hybridized carbons (Fsp3) is 0.273. The van der Waals surface area contributed by atoms with Crippen LogP contribution in [-0.2, 0) is 14.3 Å². The summed E-state index contributed by atoms with van der Waals surface area (Å²) >= 11 is 0. The lowest BCUT2D eigenvalue weighted by atomic mass is 9.97. The number of hydrogen-bond donors (Lipinski definition) is 5. The Morgan fingerprint density at radius 2 is 1.85 bits per heavy atom. The molecule has 12 nitrogen and oxygen atoms in total. The van der Waals surface area contributed by atoms with Crippen LogP contribution in [0.25, 0.3) is 0 Å². The SMILES string of the molecule is CCOC(=O)CCNC(=O)C(CNC(=O)Nc1ccc(C(=N)N)cc1)c1cccc([N+](=O)[O-])c1. The van der Waals surface area contributed by atoms with Crippen molar-refractivity contribution < 1.29 is 24.0 Å². The summed E-state index contributed by atoms with van der Waals surface area (Å²) in [6.45, 7) is 1.74. The van der Waals surface area contributed by atoms with Crippen LogP contribution in [0.4, 0.5) is 16.2 Å². The number of ether oxygens (including phenoxy) is 1. The lowest BCUT2D eigenvalue weighted by Gasteiger charge is -2.18. The van der Waals surface area contributed by atoms with E-state index < -0.39 is 28.7 Å². The molecule has 0 saturated carbocycles. The molecule has 1 atom stereocenters. The van der Waals surface area contributed by atoms with Crippen LogP contribution in [0.5, 0.6) is 0 Å². The Hall–Kier alpha value is -4.48. The van der Waals surface area contributed by atoms with Crippen LogP contribution in [0.2, 0.25) is 0 Å². The number of hydrogen-bond acceptors (Lipinski definition) is 7. The second-order valence-electron chi connectivity index (χ2n) is 7.08. The molecule has 2 aromatic carbocycles. The maximum atomic E-state index is 12.8. The number of anilines is 1. The van der Waals surface area contributed by atoms with Crippen molar-refractivity contribution in [3.8, 4) is 0 Å². The summed E-state index contributed by atoms with van der Waals surface area (Å²) in [5.41, 5.74) is 6.47. The van der Waals surface area contributed by atoms with E-state index in [9.17, 15) is 24.5 Å². The van der Waals surface area contributed by atoms with Gasteiger partial charge in [0, 0.05) is 36.5 Å². The van der Waals surface area contributed by atoms with Gasteiger partial charge in [0.05, 0.1) is 23.9 Å². The number of carbonyl (C=O) groups is 3. The summed E-state index contributed by atoms with van der Waals surface area (Å²) in [7, 11) is 0. The Kier molecular flexibility index (Phi) is 9.50. The van der Waals surface area contributed by atoms with Gasteiger partial charge >= 0.3 is 12.0 Å². The number of urea groups is 1. The number of nitrogens with zero attached hydrogens (tertiary/aromatic N) is 1. The van der Waals surface area contributed by atoms with Gasteiger partial charge in [-0.1, -0.05) is 12.1 Å². The fourth-order valence-electron chi connectivity index (χ4n) is 2.96. The third kappa shape index (κ3) is 7.89. The first-order chi connectivity index (χ1) is 16.2. The number of nitrogens with one attached hydrogen (secondary N) is 4. The average molecular weight is 470 g/mol. The molecule has 12 heteroatoms. The van der Waals surface area contributed by atoms with Gasteiger partial charge in [0.25, 0.3) is 5.69 Å². The van der Waals surface area contributed by atoms with E-state index in [1.54, 1.807) is 37.3 Å². The number of carbonyl (C=O) groups excluding carboxylic acids is 3. The molecule has 0 fully saturated rings. The van der Waals surface area contributed by atoms with Gasteiger partial charge < -0.3 is 26.4 Å². The third-order valence-electron chi connectivity index (χ3n) is 4.65. The van der Waals surface area contributed by atoms with Crippen LogP contribution in [0.3, 0.4) is 0 Å². The van der Waals surface area contributed by atoms with Crippen molar-refractivity contribution in [2.24, 2.45) is 5.73 Å². The van der Waals surface area contributed by atoms with Gasteiger partial charge in [-0.15, -0.1) is 0 Å². The number of esters is 1. The molecule has 6 N–H and O–H groups in total. The van der Waals surface area contributed by atoms with E-state index in [1.165, 1.54) is 18.2 Å². The van der Waals surface area contributed by atoms with Gasteiger partial charge in [0.1, 0.15) is 5.84 Å². The molecule has 180 valence electrons. The summed E-state index contributed by atoms with van der Waals surface area (Å²) in [4.78, 5) is 47.2. The second-order valence-corrected chi connectivity index (χ2v) is 7.08. The van der Waals surface area contributed by atoms with Crippen molar-refractivity contribution in [3.63, 3.8) is 0 Å². The molecule has 0 aromatic heterocycles. The molecule has 0 spiro atoms. The number of amidine groups is 1. The maximum absolute atomic E-state index is 12.8. The Bertz CT molecular complexity index is 1060. The molecule has 0 aliphatic heterocycles. The van der Waals surface area contributed by atoms with Gasteiger partial charge in [-0.3, -0.25) is 25.1 Å².